The van der Waals surface area contributed by atoms with Crippen LogP contribution in [-0.2, 0) is 11.8 Å². The monoisotopic (exact) mass is 461 g/mol. The molecule has 3 aromatic rings. The number of nitro benzene ring substituents is 1. The Morgan fingerprint density at radius 3 is 2.77 bits per heavy atom. The zero-order chi connectivity index (χ0) is 22.5. The Labute approximate surface area is 187 Å². The third-order valence-corrected chi connectivity index (χ3v) is 5.74. The van der Waals surface area contributed by atoms with Crippen LogP contribution in [0.25, 0.3) is 0 Å². The first kappa shape index (κ1) is 22.6. The molecule has 0 fully saturated rings. The van der Waals surface area contributed by atoms with Gasteiger partial charge in [-0.25, -0.2) is 0 Å². The second-order valence-corrected chi connectivity index (χ2v) is 8.03. The predicted octanol–water partition coefficient (Wildman–Crippen LogP) is 4.56. The molecule has 0 radical (unpaired) electrons. The molecule has 0 aliphatic heterocycles. The van der Waals surface area contributed by atoms with Crippen LogP contribution in [0.3, 0.4) is 0 Å². The Kier molecular flexibility index (Phi) is 7.13. The molecule has 1 amide bonds. The highest BCUT2D eigenvalue weighted by Gasteiger charge is 2.19. The number of non-ortho nitro benzene ring substituents is 1. The van der Waals surface area contributed by atoms with Crippen LogP contribution in [0.2, 0.25) is 5.02 Å². The molecule has 1 aromatic heterocycles. The number of rotatable bonds is 8. The number of carbonyl (C=O) groups is 1. The number of anilines is 1. The fourth-order valence-corrected chi connectivity index (χ4v) is 3.66. The summed E-state index contributed by atoms with van der Waals surface area (Å²) in [5.41, 5.74) is 1.05. The summed E-state index contributed by atoms with van der Waals surface area (Å²) in [6, 6.07) is 11.5. The van der Waals surface area contributed by atoms with Crippen LogP contribution in [0.5, 0.6) is 5.75 Å². The van der Waals surface area contributed by atoms with Crippen molar-refractivity contribution in [2.75, 3.05) is 11.1 Å². The topological polar surface area (TPSA) is 112 Å². The molecule has 11 heteroatoms. The van der Waals surface area contributed by atoms with Gasteiger partial charge in [0.25, 0.3) is 5.69 Å². The molecule has 1 N–H and O–H groups in total. The van der Waals surface area contributed by atoms with Crippen molar-refractivity contribution >= 4 is 40.6 Å². The van der Waals surface area contributed by atoms with Gasteiger partial charge in [-0.2, -0.15) is 0 Å². The van der Waals surface area contributed by atoms with Crippen molar-refractivity contribution in [2.45, 2.75) is 25.1 Å². The second-order valence-electron chi connectivity index (χ2n) is 6.68. The summed E-state index contributed by atoms with van der Waals surface area (Å²) in [6.07, 6.45) is -0.409. The molecule has 162 valence electrons. The van der Waals surface area contributed by atoms with Crippen molar-refractivity contribution in [3.8, 4) is 5.75 Å². The molecule has 0 saturated carbocycles. The summed E-state index contributed by atoms with van der Waals surface area (Å²) in [5, 5.41) is 23.0. The van der Waals surface area contributed by atoms with Crippen LogP contribution >= 0.6 is 23.4 Å². The van der Waals surface area contributed by atoms with E-state index in [1.807, 2.05) is 19.1 Å². The third-order valence-electron chi connectivity index (χ3n) is 4.41. The molecule has 31 heavy (non-hydrogen) atoms. The van der Waals surface area contributed by atoms with E-state index in [2.05, 4.69) is 15.5 Å². The van der Waals surface area contributed by atoms with E-state index >= 15 is 0 Å². The lowest BCUT2D eigenvalue weighted by molar-refractivity contribution is -0.384. The van der Waals surface area contributed by atoms with Gasteiger partial charge in [0.2, 0.25) is 5.91 Å². The Bertz CT molecular complexity index is 1120. The molecule has 0 bridgehead atoms. The minimum absolute atomic E-state index is 0.0633. The lowest BCUT2D eigenvalue weighted by Crippen LogP contribution is -2.15. The number of carbonyl (C=O) groups excluding carboxylic acids is 1. The maximum Gasteiger partial charge on any atom is 0.271 e. The van der Waals surface area contributed by atoms with Crippen LogP contribution in [0.1, 0.15) is 24.4 Å². The molecule has 9 nitrogen and oxygen atoms in total. The van der Waals surface area contributed by atoms with Crippen molar-refractivity contribution in [3.63, 3.8) is 0 Å². The Hall–Kier alpha value is -3.11. The quantitative estimate of drug-likeness (QED) is 0.297. The summed E-state index contributed by atoms with van der Waals surface area (Å²) in [7, 11) is 1.78. The Balaban J connectivity index is 1.62. The largest absolute Gasteiger partial charge is 0.481 e. The van der Waals surface area contributed by atoms with Gasteiger partial charge >= 0.3 is 0 Å². The maximum atomic E-state index is 12.4. The third kappa shape index (κ3) is 5.53. The van der Waals surface area contributed by atoms with Crippen LogP contribution < -0.4 is 10.1 Å². The molecule has 0 spiro atoms. The van der Waals surface area contributed by atoms with Crippen molar-refractivity contribution in [1.82, 2.24) is 14.8 Å². The summed E-state index contributed by atoms with van der Waals surface area (Å²) >= 11 is 7.34. The smallest absolute Gasteiger partial charge is 0.271 e. The van der Waals surface area contributed by atoms with E-state index in [9.17, 15) is 14.9 Å². The number of nitro groups is 1. The highest BCUT2D eigenvalue weighted by molar-refractivity contribution is 7.99. The number of para-hydroxylation sites is 1. The maximum absolute atomic E-state index is 12.4. The van der Waals surface area contributed by atoms with E-state index in [4.69, 9.17) is 16.3 Å². The SMILES string of the molecule is Cc1ccc([N+](=O)[O-])cc1NC(=O)CSc1nnc([C@@H](C)Oc2ccccc2Cl)n1C. The van der Waals surface area contributed by atoms with Crippen molar-refractivity contribution in [2.24, 2.45) is 7.05 Å². The second kappa shape index (κ2) is 9.80. The van der Waals surface area contributed by atoms with E-state index in [1.165, 1.54) is 23.9 Å². The lowest BCUT2D eigenvalue weighted by Gasteiger charge is -2.15. The number of nitrogens with zero attached hydrogens (tertiary/aromatic N) is 4. The summed E-state index contributed by atoms with van der Waals surface area (Å²) in [4.78, 5) is 22.8. The van der Waals surface area contributed by atoms with Gasteiger partial charge in [-0.15, -0.1) is 10.2 Å². The zero-order valence-corrected chi connectivity index (χ0v) is 18.6. The van der Waals surface area contributed by atoms with E-state index in [0.717, 1.165) is 5.56 Å². The highest BCUT2D eigenvalue weighted by atomic mass is 35.5. The molecule has 0 saturated heterocycles. The van der Waals surface area contributed by atoms with Gasteiger partial charge in [0.05, 0.1) is 21.4 Å². The number of thioether (sulfide) groups is 1. The number of halogens is 1. The van der Waals surface area contributed by atoms with Crippen molar-refractivity contribution < 1.29 is 14.5 Å². The van der Waals surface area contributed by atoms with E-state index in [1.54, 1.807) is 36.7 Å². The minimum Gasteiger partial charge on any atom is -0.481 e. The molecule has 3 rings (SSSR count). The minimum atomic E-state index is -0.503. The van der Waals surface area contributed by atoms with Gasteiger partial charge in [-0.05, 0) is 31.5 Å². The lowest BCUT2D eigenvalue weighted by atomic mass is 10.2. The average molecular weight is 462 g/mol. The average Bonchev–Trinajstić information content (AvgIpc) is 3.10. The molecular formula is C20H20ClN5O4S. The van der Waals surface area contributed by atoms with E-state index in [0.29, 0.717) is 27.4 Å². The molecule has 0 aliphatic carbocycles. The van der Waals surface area contributed by atoms with Gasteiger partial charge < -0.3 is 14.6 Å². The molecule has 1 atom stereocenters. The number of amides is 1. The predicted molar refractivity (Wildman–Crippen MR) is 119 cm³/mol. The number of aryl methyl sites for hydroxylation is 1. The van der Waals surface area contributed by atoms with Crippen LogP contribution in [0, 0.1) is 17.0 Å². The van der Waals surface area contributed by atoms with Gasteiger partial charge in [0, 0.05) is 19.2 Å². The van der Waals surface area contributed by atoms with Crippen LogP contribution in [0.15, 0.2) is 47.6 Å². The van der Waals surface area contributed by atoms with E-state index < -0.39 is 11.0 Å². The molecule has 1 heterocycles. The number of aromatic nitrogens is 3. The van der Waals surface area contributed by atoms with Crippen LogP contribution in [0.4, 0.5) is 11.4 Å². The first-order valence-corrected chi connectivity index (χ1v) is 10.6. The number of nitrogens with one attached hydrogen (secondary N) is 1. The molecule has 0 aliphatic rings. The fraction of sp³-hybridized carbons (Fsp3) is 0.250. The number of hydrogen-bond donors (Lipinski definition) is 1. The number of benzene rings is 2. The summed E-state index contributed by atoms with van der Waals surface area (Å²) in [6.45, 7) is 3.60. The first-order chi connectivity index (χ1) is 14.8. The van der Waals surface area contributed by atoms with Crippen molar-refractivity contribution in [3.05, 3.63) is 69.0 Å². The fourth-order valence-electron chi connectivity index (χ4n) is 2.76. The molecule has 0 unspecified atom stereocenters. The molecule has 2 aromatic carbocycles. The van der Waals surface area contributed by atoms with Gasteiger partial charge in [-0.3, -0.25) is 14.9 Å². The highest BCUT2D eigenvalue weighted by Crippen LogP contribution is 2.29. The summed E-state index contributed by atoms with van der Waals surface area (Å²) in [5.74, 6) is 0.880. The number of hydrogen-bond acceptors (Lipinski definition) is 7. The zero-order valence-electron chi connectivity index (χ0n) is 17.0. The normalized spacial score (nSPS) is 11.7. The van der Waals surface area contributed by atoms with Gasteiger partial charge in [0.1, 0.15) is 5.75 Å². The van der Waals surface area contributed by atoms with Gasteiger partial charge in [-0.1, -0.05) is 41.6 Å². The Morgan fingerprint density at radius 2 is 2.06 bits per heavy atom. The summed E-state index contributed by atoms with van der Waals surface area (Å²) < 4.78 is 7.62. The first-order valence-electron chi connectivity index (χ1n) is 9.24. The van der Waals surface area contributed by atoms with E-state index in [-0.39, 0.29) is 17.3 Å². The van der Waals surface area contributed by atoms with Crippen molar-refractivity contribution in [1.29, 1.82) is 0 Å². The Morgan fingerprint density at radius 1 is 1.32 bits per heavy atom. The number of ether oxygens (including phenoxy) is 1. The standard InChI is InChI=1S/C20H20ClN5O4S/c1-12-8-9-14(26(28)29)10-16(12)22-18(27)11-31-20-24-23-19(25(20)3)13(2)30-17-7-5-4-6-15(17)21/h4-10,13H,11H2,1-3H3,(H,22,27)/t13-/m1/s1. The molecular weight excluding hydrogens is 442 g/mol. The van der Waals surface area contributed by atoms with Gasteiger partial charge in [0.15, 0.2) is 17.1 Å². The van der Waals surface area contributed by atoms with Crippen LogP contribution in [-0.4, -0.2) is 31.3 Å².